The smallest absolute Gasteiger partial charge is 0.224 e. The van der Waals surface area contributed by atoms with Crippen LogP contribution in [0.25, 0.3) is 0 Å². The quantitative estimate of drug-likeness (QED) is 0.605. The molecule has 0 aliphatic rings. The van der Waals surface area contributed by atoms with Crippen molar-refractivity contribution in [2.75, 3.05) is 24.3 Å². The van der Waals surface area contributed by atoms with Gasteiger partial charge in [0.15, 0.2) is 0 Å². The van der Waals surface area contributed by atoms with Gasteiger partial charge in [-0.05, 0) is 49.1 Å². The second-order valence-corrected chi connectivity index (χ2v) is 6.38. The number of methoxy groups -OCH3 is 1. The molecule has 0 amide bonds. The Hall–Kier alpha value is -3.08. The summed E-state index contributed by atoms with van der Waals surface area (Å²) in [6, 6.07) is 18.3. The Kier molecular flexibility index (Phi) is 6.26. The third kappa shape index (κ3) is 5.20. The molecule has 0 spiro atoms. The Labute approximate surface area is 160 Å². The van der Waals surface area contributed by atoms with Gasteiger partial charge in [0, 0.05) is 24.0 Å². The van der Waals surface area contributed by atoms with Crippen LogP contribution in [0.2, 0.25) is 0 Å². The fourth-order valence-corrected chi connectivity index (χ4v) is 2.95. The van der Waals surface area contributed by atoms with Gasteiger partial charge in [0.05, 0.1) is 7.11 Å². The first kappa shape index (κ1) is 18.7. The van der Waals surface area contributed by atoms with Gasteiger partial charge >= 0.3 is 0 Å². The van der Waals surface area contributed by atoms with Gasteiger partial charge in [-0.1, -0.05) is 37.3 Å². The molecule has 0 aliphatic carbocycles. The largest absolute Gasteiger partial charge is 0.497 e. The van der Waals surface area contributed by atoms with Crippen LogP contribution in [0.3, 0.4) is 0 Å². The zero-order valence-electron chi connectivity index (χ0n) is 16.1. The lowest BCUT2D eigenvalue weighted by Crippen LogP contribution is -2.10. The zero-order valence-corrected chi connectivity index (χ0v) is 16.1. The molecule has 2 N–H and O–H groups in total. The number of benzene rings is 2. The van der Waals surface area contributed by atoms with Gasteiger partial charge in [-0.3, -0.25) is 0 Å². The van der Waals surface area contributed by atoms with Crippen LogP contribution in [-0.4, -0.2) is 23.6 Å². The molecule has 0 aliphatic heterocycles. The highest BCUT2D eigenvalue weighted by Crippen LogP contribution is 2.21. The molecule has 0 radical (unpaired) electrons. The highest BCUT2D eigenvalue weighted by Gasteiger charge is 2.05. The van der Waals surface area contributed by atoms with Gasteiger partial charge in [-0.25, -0.2) is 4.98 Å². The number of nitrogens with one attached hydrogen (secondary N) is 2. The summed E-state index contributed by atoms with van der Waals surface area (Å²) in [6.07, 6.45) is 1.84. The van der Waals surface area contributed by atoms with Crippen LogP contribution in [-0.2, 0) is 12.8 Å². The summed E-state index contributed by atoms with van der Waals surface area (Å²) in [5.41, 5.74) is 4.48. The minimum atomic E-state index is 0.634. The van der Waals surface area contributed by atoms with Crippen LogP contribution in [0.4, 0.5) is 17.5 Å². The van der Waals surface area contributed by atoms with E-state index in [4.69, 9.17) is 4.74 Å². The van der Waals surface area contributed by atoms with E-state index >= 15 is 0 Å². The van der Waals surface area contributed by atoms with Crippen LogP contribution in [0.5, 0.6) is 5.75 Å². The van der Waals surface area contributed by atoms with Crippen molar-refractivity contribution < 1.29 is 4.74 Å². The van der Waals surface area contributed by atoms with E-state index in [1.165, 1.54) is 11.1 Å². The summed E-state index contributed by atoms with van der Waals surface area (Å²) in [7, 11) is 1.68. The highest BCUT2D eigenvalue weighted by atomic mass is 16.5. The summed E-state index contributed by atoms with van der Waals surface area (Å²) >= 11 is 0. The van der Waals surface area contributed by atoms with E-state index < -0.39 is 0 Å². The van der Waals surface area contributed by atoms with Gasteiger partial charge < -0.3 is 15.4 Å². The molecular weight excluding hydrogens is 336 g/mol. The Morgan fingerprint density at radius 1 is 1.00 bits per heavy atom. The Morgan fingerprint density at radius 2 is 1.85 bits per heavy atom. The molecule has 3 aromatic rings. The molecule has 140 valence electrons. The highest BCUT2D eigenvalue weighted by molar-refractivity contribution is 5.61. The second kappa shape index (κ2) is 9.03. The van der Waals surface area contributed by atoms with E-state index in [1.807, 2.05) is 37.3 Å². The summed E-state index contributed by atoms with van der Waals surface area (Å²) in [6.45, 7) is 4.88. The molecule has 2 aromatic carbocycles. The third-order valence-electron chi connectivity index (χ3n) is 4.35. The van der Waals surface area contributed by atoms with Gasteiger partial charge in [0.1, 0.15) is 11.6 Å². The number of rotatable bonds is 8. The molecule has 3 rings (SSSR count). The van der Waals surface area contributed by atoms with Crippen molar-refractivity contribution in [1.82, 2.24) is 9.97 Å². The van der Waals surface area contributed by atoms with E-state index in [-0.39, 0.29) is 0 Å². The van der Waals surface area contributed by atoms with Gasteiger partial charge in [-0.15, -0.1) is 0 Å². The van der Waals surface area contributed by atoms with Crippen LogP contribution in [0, 0.1) is 6.92 Å². The Balaban J connectivity index is 1.66. The average Bonchev–Trinajstić information content (AvgIpc) is 2.68. The van der Waals surface area contributed by atoms with Crippen molar-refractivity contribution in [1.29, 1.82) is 0 Å². The molecule has 0 fully saturated rings. The molecule has 1 aromatic heterocycles. The van der Waals surface area contributed by atoms with Crippen molar-refractivity contribution in [3.63, 3.8) is 0 Å². The minimum absolute atomic E-state index is 0.634. The summed E-state index contributed by atoms with van der Waals surface area (Å²) in [4.78, 5) is 9.11. The van der Waals surface area contributed by atoms with E-state index in [0.29, 0.717) is 5.95 Å². The summed E-state index contributed by atoms with van der Waals surface area (Å²) in [5.74, 6) is 2.31. The van der Waals surface area contributed by atoms with Crippen LogP contribution in [0.15, 0.2) is 54.6 Å². The summed E-state index contributed by atoms with van der Waals surface area (Å²) < 4.78 is 5.27. The number of ether oxygens (including phenoxy) is 1. The predicted octanol–water partition coefficient (Wildman–Crippen LogP) is 4.75. The standard InChI is InChI=1S/C22H26N4O/c1-4-18-9-5-6-11-20(18)25-21-14-16(2)24-22(26-21)23-13-12-17-8-7-10-19(15-17)27-3/h5-11,14-15H,4,12-13H2,1-3H3,(H2,23,24,25,26). The van der Waals surface area contributed by atoms with E-state index in [9.17, 15) is 0 Å². The maximum Gasteiger partial charge on any atom is 0.224 e. The molecule has 27 heavy (non-hydrogen) atoms. The number of hydrogen-bond acceptors (Lipinski definition) is 5. The predicted molar refractivity (Wildman–Crippen MR) is 111 cm³/mol. The van der Waals surface area contributed by atoms with Crippen molar-refractivity contribution in [2.24, 2.45) is 0 Å². The van der Waals surface area contributed by atoms with E-state index in [1.54, 1.807) is 7.11 Å². The number of para-hydroxylation sites is 1. The number of nitrogens with zero attached hydrogens (tertiary/aromatic N) is 2. The first-order valence-electron chi connectivity index (χ1n) is 9.25. The molecule has 1 heterocycles. The normalized spacial score (nSPS) is 10.5. The SMILES string of the molecule is CCc1ccccc1Nc1cc(C)nc(NCCc2cccc(OC)c2)n1. The van der Waals surface area contributed by atoms with Gasteiger partial charge in [0.25, 0.3) is 0 Å². The lowest BCUT2D eigenvalue weighted by atomic mass is 10.1. The lowest BCUT2D eigenvalue weighted by molar-refractivity contribution is 0.414. The number of hydrogen-bond donors (Lipinski definition) is 2. The zero-order chi connectivity index (χ0) is 19.1. The van der Waals surface area contributed by atoms with Crippen LogP contribution in [0.1, 0.15) is 23.7 Å². The molecule has 5 heteroatoms. The molecule has 0 saturated carbocycles. The van der Waals surface area contributed by atoms with E-state index in [2.05, 4.69) is 51.8 Å². The fourth-order valence-electron chi connectivity index (χ4n) is 2.95. The van der Waals surface area contributed by atoms with Crippen LogP contribution >= 0.6 is 0 Å². The molecule has 0 bridgehead atoms. The first-order chi connectivity index (χ1) is 13.2. The number of aromatic nitrogens is 2. The van der Waals surface area contributed by atoms with Gasteiger partial charge in [-0.2, -0.15) is 4.98 Å². The fraction of sp³-hybridized carbons (Fsp3) is 0.273. The van der Waals surface area contributed by atoms with Crippen molar-refractivity contribution in [3.8, 4) is 5.75 Å². The average molecular weight is 362 g/mol. The molecule has 5 nitrogen and oxygen atoms in total. The minimum Gasteiger partial charge on any atom is -0.497 e. The van der Waals surface area contributed by atoms with E-state index in [0.717, 1.165) is 42.3 Å². The van der Waals surface area contributed by atoms with Crippen molar-refractivity contribution >= 4 is 17.5 Å². The Bertz CT molecular complexity index is 895. The monoisotopic (exact) mass is 362 g/mol. The second-order valence-electron chi connectivity index (χ2n) is 6.38. The summed E-state index contributed by atoms with van der Waals surface area (Å²) in [5, 5.41) is 6.74. The number of aryl methyl sites for hydroxylation is 2. The first-order valence-corrected chi connectivity index (χ1v) is 9.25. The molecule has 0 saturated heterocycles. The maximum absolute atomic E-state index is 5.27. The van der Waals surface area contributed by atoms with Crippen molar-refractivity contribution in [3.05, 3.63) is 71.4 Å². The third-order valence-corrected chi connectivity index (χ3v) is 4.35. The maximum atomic E-state index is 5.27. The molecule has 0 atom stereocenters. The lowest BCUT2D eigenvalue weighted by Gasteiger charge is -2.12. The number of anilines is 3. The molecular formula is C22H26N4O. The Morgan fingerprint density at radius 3 is 2.67 bits per heavy atom. The van der Waals surface area contributed by atoms with Crippen LogP contribution < -0.4 is 15.4 Å². The topological polar surface area (TPSA) is 59.1 Å². The van der Waals surface area contributed by atoms with Crippen molar-refractivity contribution in [2.45, 2.75) is 26.7 Å². The molecule has 0 unspecified atom stereocenters. The van der Waals surface area contributed by atoms with Gasteiger partial charge in [0.2, 0.25) is 5.95 Å².